The molecule has 1 aromatic carbocycles. The highest BCUT2D eigenvalue weighted by Gasteiger charge is 2.13. The highest BCUT2D eigenvalue weighted by atomic mass is 35.5. The number of hydrogen-bond donors (Lipinski definition) is 1. The number of nitrogens with two attached hydrogens (primary N) is 1. The van der Waals surface area contributed by atoms with E-state index in [-0.39, 0.29) is 5.69 Å². The molecule has 6 heteroatoms. The van der Waals surface area contributed by atoms with Gasteiger partial charge in [-0.25, -0.2) is 0 Å². The number of thiophene rings is 1. The lowest BCUT2D eigenvalue weighted by molar-refractivity contribution is -0.384. The molecule has 0 spiro atoms. The molecule has 2 aromatic rings. The zero-order chi connectivity index (χ0) is 10.3. The lowest BCUT2D eigenvalue weighted by Crippen LogP contribution is -1.91. The van der Waals surface area contributed by atoms with Crippen molar-refractivity contribution in [2.75, 3.05) is 5.73 Å². The molecule has 4 nitrogen and oxygen atoms in total. The highest BCUT2D eigenvalue weighted by Crippen LogP contribution is 2.36. The summed E-state index contributed by atoms with van der Waals surface area (Å²) in [6.45, 7) is 0. The largest absolute Gasteiger partial charge is 0.398 e. The van der Waals surface area contributed by atoms with E-state index in [1.807, 2.05) is 0 Å². The fourth-order valence-corrected chi connectivity index (χ4v) is 2.53. The predicted molar refractivity (Wildman–Crippen MR) is 57.9 cm³/mol. The summed E-state index contributed by atoms with van der Waals surface area (Å²) in [5, 5.41) is 13.5. The summed E-state index contributed by atoms with van der Waals surface area (Å²) in [6, 6.07) is 2.79. The van der Waals surface area contributed by atoms with Crippen molar-refractivity contribution in [3.05, 3.63) is 32.6 Å². The second-order valence-corrected chi connectivity index (χ2v) is 4.07. The van der Waals surface area contributed by atoms with Gasteiger partial charge in [-0.3, -0.25) is 10.1 Å². The molecule has 2 rings (SSSR count). The number of nitro groups is 1. The number of non-ortho nitro benzene ring substituents is 1. The first-order valence-corrected chi connectivity index (χ1v) is 4.96. The minimum atomic E-state index is -0.469. The van der Waals surface area contributed by atoms with Gasteiger partial charge in [0, 0.05) is 33.3 Å². The Hall–Kier alpha value is -1.33. The third kappa shape index (κ3) is 1.30. The highest BCUT2D eigenvalue weighted by molar-refractivity contribution is 7.18. The van der Waals surface area contributed by atoms with Gasteiger partial charge in [0.25, 0.3) is 5.69 Å². The van der Waals surface area contributed by atoms with Crippen LogP contribution in [0.2, 0.25) is 5.02 Å². The standard InChI is InChI=1S/C8H5ClN2O2S/c9-5-3-14-7-2-4(11(12)13)1-6(10)8(5)7/h1-3H,10H2. The number of halogens is 1. The topological polar surface area (TPSA) is 69.2 Å². The predicted octanol–water partition coefficient (Wildman–Crippen LogP) is 3.05. The van der Waals surface area contributed by atoms with Crippen LogP contribution in [-0.2, 0) is 0 Å². The third-order valence-electron chi connectivity index (χ3n) is 1.86. The summed E-state index contributed by atoms with van der Waals surface area (Å²) in [4.78, 5) is 10.1. The van der Waals surface area contributed by atoms with Crippen LogP contribution in [0.4, 0.5) is 11.4 Å². The van der Waals surface area contributed by atoms with E-state index in [4.69, 9.17) is 17.3 Å². The molecule has 0 saturated heterocycles. The smallest absolute Gasteiger partial charge is 0.272 e. The minimum Gasteiger partial charge on any atom is -0.398 e. The number of anilines is 1. The molecule has 1 heterocycles. The molecule has 0 aliphatic rings. The van der Waals surface area contributed by atoms with Crippen molar-refractivity contribution in [2.24, 2.45) is 0 Å². The maximum absolute atomic E-state index is 10.5. The Morgan fingerprint density at radius 3 is 2.86 bits per heavy atom. The van der Waals surface area contributed by atoms with E-state index >= 15 is 0 Å². The number of nitro benzene ring substituents is 1. The Labute approximate surface area is 88.0 Å². The number of rotatable bonds is 1. The van der Waals surface area contributed by atoms with Crippen molar-refractivity contribution in [1.82, 2.24) is 0 Å². The van der Waals surface area contributed by atoms with Crippen molar-refractivity contribution in [3.8, 4) is 0 Å². The van der Waals surface area contributed by atoms with E-state index in [1.165, 1.54) is 23.5 Å². The van der Waals surface area contributed by atoms with Gasteiger partial charge in [-0.05, 0) is 0 Å². The Bertz CT molecular complexity index is 523. The zero-order valence-electron chi connectivity index (χ0n) is 6.86. The van der Waals surface area contributed by atoms with Crippen LogP contribution in [0.25, 0.3) is 10.1 Å². The van der Waals surface area contributed by atoms with Gasteiger partial charge in [-0.2, -0.15) is 0 Å². The quantitative estimate of drug-likeness (QED) is 0.463. The van der Waals surface area contributed by atoms with Crippen molar-refractivity contribution < 1.29 is 4.92 Å². The Kier molecular flexibility index (Phi) is 2.05. The molecule has 0 aliphatic carbocycles. The van der Waals surface area contributed by atoms with E-state index in [0.717, 1.165) is 4.70 Å². The minimum absolute atomic E-state index is 0.00600. The summed E-state index contributed by atoms with van der Waals surface area (Å²) in [5.74, 6) is 0. The van der Waals surface area contributed by atoms with Crippen LogP contribution < -0.4 is 5.73 Å². The molecular formula is C8H5ClN2O2S. The first-order chi connectivity index (χ1) is 6.59. The molecule has 0 amide bonds. The molecule has 0 atom stereocenters. The van der Waals surface area contributed by atoms with Crippen LogP contribution in [0.3, 0.4) is 0 Å². The summed E-state index contributed by atoms with van der Waals surface area (Å²) >= 11 is 7.21. The first kappa shape index (κ1) is 9.23. The maximum atomic E-state index is 10.5. The van der Waals surface area contributed by atoms with Crippen molar-refractivity contribution in [3.63, 3.8) is 0 Å². The van der Waals surface area contributed by atoms with Crippen molar-refractivity contribution in [2.45, 2.75) is 0 Å². The van der Waals surface area contributed by atoms with Gasteiger partial charge >= 0.3 is 0 Å². The molecule has 0 saturated carbocycles. The second kappa shape index (κ2) is 3.11. The lowest BCUT2D eigenvalue weighted by Gasteiger charge is -1.97. The van der Waals surface area contributed by atoms with E-state index < -0.39 is 4.92 Å². The van der Waals surface area contributed by atoms with Gasteiger partial charge in [-0.15, -0.1) is 11.3 Å². The van der Waals surface area contributed by atoms with Crippen LogP contribution >= 0.6 is 22.9 Å². The molecule has 14 heavy (non-hydrogen) atoms. The van der Waals surface area contributed by atoms with E-state index in [1.54, 1.807) is 5.38 Å². The summed E-state index contributed by atoms with van der Waals surface area (Å²) in [7, 11) is 0. The molecule has 72 valence electrons. The van der Waals surface area contributed by atoms with Crippen molar-refractivity contribution >= 4 is 44.4 Å². The molecule has 0 radical (unpaired) electrons. The molecule has 0 unspecified atom stereocenters. The molecule has 0 bridgehead atoms. The molecule has 1 aromatic heterocycles. The average molecular weight is 229 g/mol. The zero-order valence-corrected chi connectivity index (χ0v) is 8.43. The van der Waals surface area contributed by atoms with Crippen LogP contribution in [-0.4, -0.2) is 4.92 Å². The molecule has 0 aliphatic heterocycles. The van der Waals surface area contributed by atoms with Gasteiger partial charge in [0.1, 0.15) is 0 Å². The monoisotopic (exact) mass is 228 g/mol. The fraction of sp³-hybridized carbons (Fsp3) is 0. The Morgan fingerprint density at radius 2 is 2.21 bits per heavy atom. The molecule has 2 N–H and O–H groups in total. The first-order valence-electron chi connectivity index (χ1n) is 3.70. The van der Waals surface area contributed by atoms with Gasteiger partial charge in [0.05, 0.1) is 9.95 Å². The molecular weight excluding hydrogens is 224 g/mol. The van der Waals surface area contributed by atoms with Crippen LogP contribution in [0.1, 0.15) is 0 Å². The number of nitrogens with zero attached hydrogens (tertiary/aromatic N) is 1. The van der Waals surface area contributed by atoms with Gasteiger partial charge in [0.2, 0.25) is 0 Å². The van der Waals surface area contributed by atoms with Crippen molar-refractivity contribution in [1.29, 1.82) is 0 Å². The summed E-state index contributed by atoms with van der Waals surface area (Å²) in [5.41, 5.74) is 6.00. The van der Waals surface area contributed by atoms with Crippen LogP contribution in [0, 0.1) is 10.1 Å². The van der Waals surface area contributed by atoms with E-state index in [0.29, 0.717) is 16.1 Å². The van der Waals surface area contributed by atoms with Crippen LogP contribution in [0.15, 0.2) is 17.5 Å². The normalized spacial score (nSPS) is 10.6. The number of nitrogen functional groups attached to an aromatic ring is 1. The maximum Gasteiger partial charge on any atom is 0.272 e. The van der Waals surface area contributed by atoms with E-state index in [2.05, 4.69) is 0 Å². The van der Waals surface area contributed by atoms with E-state index in [9.17, 15) is 10.1 Å². The average Bonchev–Trinajstić information content (AvgIpc) is 2.48. The van der Waals surface area contributed by atoms with Gasteiger partial charge < -0.3 is 5.73 Å². The fourth-order valence-electron chi connectivity index (χ4n) is 1.25. The molecule has 0 fully saturated rings. The Morgan fingerprint density at radius 1 is 1.50 bits per heavy atom. The Balaban J connectivity index is 2.80. The summed E-state index contributed by atoms with van der Waals surface area (Å²) < 4.78 is 0.738. The lowest BCUT2D eigenvalue weighted by atomic mass is 10.2. The van der Waals surface area contributed by atoms with Crippen LogP contribution in [0.5, 0.6) is 0 Å². The van der Waals surface area contributed by atoms with Gasteiger partial charge in [0.15, 0.2) is 0 Å². The summed E-state index contributed by atoms with van der Waals surface area (Å²) in [6.07, 6.45) is 0. The number of benzene rings is 1. The number of fused-ring (bicyclic) bond motifs is 1. The number of hydrogen-bond acceptors (Lipinski definition) is 4. The third-order valence-corrected chi connectivity index (χ3v) is 3.21. The SMILES string of the molecule is Nc1cc([N+](=O)[O-])cc2scc(Cl)c12. The second-order valence-electron chi connectivity index (χ2n) is 2.75. The van der Waals surface area contributed by atoms with Gasteiger partial charge in [-0.1, -0.05) is 11.6 Å².